The lowest BCUT2D eigenvalue weighted by Crippen LogP contribution is -2.27. The van der Waals surface area contributed by atoms with Gasteiger partial charge in [0.2, 0.25) is 0 Å². The number of ether oxygens (including phenoxy) is 1. The first-order chi connectivity index (χ1) is 8.23. The van der Waals surface area contributed by atoms with E-state index in [-0.39, 0.29) is 16.3 Å². The molecule has 18 heavy (non-hydrogen) atoms. The maximum Gasteiger partial charge on any atom is 0.412 e. The minimum absolute atomic E-state index is 0.0391. The molecule has 0 radical (unpaired) electrons. The molecular formula is C12H13ClFNO3. The first kappa shape index (κ1) is 14.4. The van der Waals surface area contributed by atoms with Gasteiger partial charge in [-0.15, -0.1) is 0 Å². The summed E-state index contributed by atoms with van der Waals surface area (Å²) in [5.41, 5.74) is -0.598. The van der Waals surface area contributed by atoms with Gasteiger partial charge in [0, 0.05) is 11.3 Å². The van der Waals surface area contributed by atoms with Crippen LogP contribution in [0.1, 0.15) is 31.1 Å². The van der Waals surface area contributed by atoms with Crippen molar-refractivity contribution in [2.24, 2.45) is 0 Å². The Balaban J connectivity index is 2.89. The molecule has 0 unspecified atom stereocenters. The Kier molecular flexibility index (Phi) is 4.29. The topological polar surface area (TPSA) is 55.4 Å². The van der Waals surface area contributed by atoms with Gasteiger partial charge in [-0.05, 0) is 32.9 Å². The van der Waals surface area contributed by atoms with Crippen LogP contribution in [0.5, 0.6) is 0 Å². The smallest absolute Gasteiger partial charge is 0.412 e. The largest absolute Gasteiger partial charge is 0.444 e. The van der Waals surface area contributed by atoms with Crippen LogP contribution in [-0.2, 0) is 4.74 Å². The van der Waals surface area contributed by atoms with Gasteiger partial charge < -0.3 is 4.74 Å². The molecule has 0 fully saturated rings. The molecule has 1 rings (SSSR count). The standard InChI is InChI=1S/C12H13ClFNO3/c1-12(2,3)18-11(17)15-8-4-7(6-16)10(13)9(14)5-8/h4-6H,1-3H3,(H,15,17). The van der Waals surface area contributed by atoms with E-state index in [1.807, 2.05) is 0 Å². The maximum atomic E-state index is 13.3. The number of benzene rings is 1. The molecule has 1 amide bonds. The number of halogens is 2. The van der Waals surface area contributed by atoms with Crippen molar-refractivity contribution in [3.63, 3.8) is 0 Å². The second kappa shape index (κ2) is 5.35. The molecule has 1 aromatic rings. The highest BCUT2D eigenvalue weighted by molar-refractivity contribution is 6.33. The average molecular weight is 274 g/mol. The molecule has 0 saturated carbocycles. The summed E-state index contributed by atoms with van der Waals surface area (Å²) in [7, 11) is 0. The van der Waals surface area contributed by atoms with Crippen molar-refractivity contribution in [2.45, 2.75) is 26.4 Å². The molecule has 0 atom stereocenters. The first-order valence-electron chi connectivity index (χ1n) is 5.17. The molecule has 0 aliphatic rings. The third kappa shape index (κ3) is 4.00. The zero-order valence-electron chi connectivity index (χ0n) is 10.2. The maximum absolute atomic E-state index is 13.3. The molecule has 1 N–H and O–H groups in total. The van der Waals surface area contributed by atoms with Gasteiger partial charge in [-0.2, -0.15) is 0 Å². The Bertz CT molecular complexity index is 483. The Morgan fingerprint density at radius 3 is 2.56 bits per heavy atom. The van der Waals surface area contributed by atoms with Crippen LogP contribution in [0.4, 0.5) is 14.9 Å². The lowest BCUT2D eigenvalue weighted by molar-refractivity contribution is 0.0635. The van der Waals surface area contributed by atoms with E-state index in [1.54, 1.807) is 20.8 Å². The molecule has 0 saturated heterocycles. The summed E-state index contributed by atoms with van der Waals surface area (Å²) in [6.45, 7) is 5.10. The van der Waals surface area contributed by atoms with Crippen molar-refractivity contribution in [3.05, 3.63) is 28.5 Å². The van der Waals surface area contributed by atoms with Crippen molar-refractivity contribution < 1.29 is 18.7 Å². The molecule has 0 aromatic heterocycles. The van der Waals surface area contributed by atoms with E-state index in [4.69, 9.17) is 16.3 Å². The number of carbonyl (C=O) groups excluding carboxylic acids is 2. The van der Waals surface area contributed by atoms with Crippen LogP contribution < -0.4 is 5.32 Å². The van der Waals surface area contributed by atoms with Gasteiger partial charge in [0.05, 0.1) is 5.02 Å². The zero-order valence-corrected chi connectivity index (χ0v) is 11.0. The first-order valence-corrected chi connectivity index (χ1v) is 5.55. The zero-order chi connectivity index (χ0) is 13.9. The molecule has 0 aliphatic heterocycles. The number of hydrogen-bond donors (Lipinski definition) is 1. The van der Waals surface area contributed by atoms with Gasteiger partial charge in [-0.3, -0.25) is 10.1 Å². The van der Waals surface area contributed by atoms with Crippen molar-refractivity contribution in [3.8, 4) is 0 Å². The van der Waals surface area contributed by atoms with Crippen LogP contribution in [0, 0.1) is 5.82 Å². The summed E-state index contributed by atoms with van der Waals surface area (Å²) < 4.78 is 18.3. The number of rotatable bonds is 2. The molecule has 0 bridgehead atoms. The Labute approximate surface area is 109 Å². The Morgan fingerprint density at radius 1 is 1.44 bits per heavy atom. The van der Waals surface area contributed by atoms with Crippen LogP contribution in [-0.4, -0.2) is 18.0 Å². The highest BCUT2D eigenvalue weighted by atomic mass is 35.5. The third-order valence-electron chi connectivity index (χ3n) is 1.83. The van der Waals surface area contributed by atoms with E-state index in [0.717, 1.165) is 6.07 Å². The number of anilines is 1. The molecule has 98 valence electrons. The van der Waals surface area contributed by atoms with Crippen molar-refractivity contribution in [1.29, 1.82) is 0 Å². The third-order valence-corrected chi connectivity index (χ3v) is 2.23. The molecular weight excluding hydrogens is 261 g/mol. The lowest BCUT2D eigenvalue weighted by atomic mass is 10.2. The van der Waals surface area contributed by atoms with E-state index in [9.17, 15) is 14.0 Å². The Morgan fingerprint density at radius 2 is 2.06 bits per heavy atom. The van der Waals surface area contributed by atoms with Crippen molar-refractivity contribution >= 4 is 29.7 Å². The minimum Gasteiger partial charge on any atom is -0.444 e. The number of nitrogens with one attached hydrogen (secondary N) is 1. The number of carbonyl (C=O) groups is 2. The summed E-state index contributed by atoms with van der Waals surface area (Å²) >= 11 is 5.56. The van der Waals surface area contributed by atoms with Crippen LogP contribution in [0.2, 0.25) is 5.02 Å². The molecule has 0 spiro atoms. The molecule has 1 aromatic carbocycles. The molecule has 0 heterocycles. The van der Waals surface area contributed by atoms with Gasteiger partial charge in [0.1, 0.15) is 11.4 Å². The quantitative estimate of drug-likeness (QED) is 0.837. The molecule has 4 nitrogen and oxygen atoms in total. The van der Waals surface area contributed by atoms with E-state index in [1.165, 1.54) is 6.07 Å². The predicted molar refractivity (Wildman–Crippen MR) is 66.7 cm³/mol. The number of aldehydes is 1. The fourth-order valence-electron chi connectivity index (χ4n) is 1.19. The van der Waals surface area contributed by atoms with E-state index in [0.29, 0.717) is 6.29 Å². The predicted octanol–water partition coefficient (Wildman–Crippen LogP) is 3.64. The summed E-state index contributed by atoms with van der Waals surface area (Å²) in [4.78, 5) is 22.1. The van der Waals surface area contributed by atoms with Crippen molar-refractivity contribution in [2.75, 3.05) is 5.32 Å². The summed E-state index contributed by atoms with van der Waals surface area (Å²) in [5.74, 6) is -0.785. The van der Waals surface area contributed by atoms with Crippen molar-refractivity contribution in [1.82, 2.24) is 0 Å². The second-order valence-electron chi connectivity index (χ2n) is 4.61. The summed E-state index contributed by atoms with van der Waals surface area (Å²) in [6, 6.07) is 2.28. The summed E-state index contributed by atoms with van der Waals surface area (Å²) in [5, 5.41) is 2.04. The van der Waals surface area contributed by atoms with Gasteiger partial charge >= 0.3 is 6.09 Å². The average Bonchev–Trinajstić information content (AvgIpc) is 2.20. The van der Waals surface area contributed by atoms with Crippen LogP contribution in [0.25, 0.3) is 0 Å². The minimum atomic E-state index is -0.785. The normalized spacial score (nSPS) is 10.9. The highest BCUT2D eigenvalue weighted by Crippen LogP contribution is 2.23. The summed E-state index contributed by atoms with van der Waals surface area (Å²) in [6.07, 6.45) is -0.327. The van der Waals surface area contributed by atoms with Gasteiger partial charge in [0.15, 0.2) is 6.29 Å². The number of hydrogen-bond acceptors (Lipinski definition) is 3. The second-order valence-corrected chi connectivity index (χ2v) is 4.98. The van der Waals surface area contributed by atoms with E-state index in [2.05, 4.69) is 5.32 Å². The van der Waals surface area contributed by atoms with Crippen LogP contribution in [0.15, 0.2) is 12.1 Å². The highest BCUT2D eigenvalue weighted by Gasteiger charge is 2.17. The van der Waals surface area contributed by atoms with E-state index < -0.39 is 17.5 Å². The Hall–Kier alpha value is -1.62. The fourth-order valence-corrected chi connectivity index (χ4v) is 1.34. The van der Waals surface area contributed by atoms with Gasteiger partial charge in [-0.1, -0.05) is 11.6 Å². The molecule has 6 heteroatoms. The lowest BCUT2D eigenvalue weighted by Gasteiger charge is -2.19. The van der Waals surface area contributed by atoms with Crippen LogP contribution in [0.3, 0.4) is 0 Å². The fraction of sp³-hybridized carbons (Fsp3) is 0.333. The number of amides is 1. The SMILES string of the molecule is CC(C)(C)OC(=O)Nc1cc(F)c(Cl)c(C=O)c1. The van der Waals surface area contributed by atoms with Crippen LogP contribution >= 0.6 is 11.6 Å². The van der Waals surface area contributed by atoms with Gasteiger partial charge in [0.25, 0.3) is 0 Å². The monoisotopic (exact) mass is 273 g/mol. The van der Waals surface area contributed by atoms with Gasteiger partial charge in [-0.25, -0.2) is 9.18 Å². The van der Waals surface area contributed by atoms with E-state index >= 15 is 0 Å². The molecule has 0 aliphatic carbocycles.